The summed E-state index contributed by atoms with van der Waals surface area (Å²) < 4.78 is 4.81. The fourth-order valence-electron chi connectivity index (χ4n) is 2.58. The van der Waals surface area contributed by atoms with Crippen LogP contribution in [-0.2, 0) is 11.2 Å². The third-order valence-electron chi connectivity index (χ3n) is 3.75. The van der Waals surface area contributed by atoms with Crippen LogP contribution < -0.4 is 10.6 Å². The van der Waals surface area contributed by atoms with Crippen LogP contribution in [0.2, 0.25) is 0 Å². The summed E-state index contributed by atoms with van der Waals surface area (Å²) in [6.45, 7) is 0.309. The Bertz CT molecular complexity index is 467. The molecule has 1 heterocycles. The third-order valence-corrected chi connectivity index (χ3v) is 3.75. The van der Waals surface area contributed by atoms with E-state index in [4.69, 9.17) is 4.52 Å². The van der Waals surface area contributed by atoms with E-state index in [1.54, 1.807) is 0 Å². The lowest BCUT2D eigenvalue weighted by molar-refractivity contribution is -0.145. The number of hydrogen-bond acceptors (Lipinski definition) is 5. The van der Waals surface area contributed by atoms with E-state index in [1.807, 2.05) is 0 Å². The van der Waals surface area contributed by atoms with Crippen LogP contribution in [0.1, 0.15) is 44.4 Å². The summed E-state index contributed by atoms with van der Waals surface area (Å²) >= 11 is 0. The number of aliphatic carboxylic acids is 1. The van der Waals surface area contributed by atoms with E-state index in [9.17, 15) is 14.7 Å². The van der Waals surface area contributed by atoms with Gasteiger partial charge in [0.15, 0.2) is 6.33 Å². The third kappa shape index (κ3) is 4.17. The number of carbonyl (C=O) groups excluding carboxylic acids is 1. The van der Waals surface area contributed by atoms with Gasteiger partial charge in [-0.25, -0.2) is 9.59 Å². The number of aromatic nitrogens is 2. The average Bonchev–Trinajstić information content (AvgIpc) is 2.84. The molecule has 0 aliphatic heterocycles. The number of amides is 2. The number of carboxylic acid groups (broad SMARTS) is 1. The molecule has 3 N–H and O–H groups in total. The van der Waals surface area contributed by atoms with Crippen molar-refractivity contribution in [3.05, 3.63) is 12.2 Å². The van der Waals surface area contributed by atoms with Crippen molar-refractivity contribution in [2.75, 3.05) is 6.54 Å². The fourth-order valence-corrected chi connectivity index (χ4v) is 2.58. The first-order valence-electron chi connectivity index (χ1n) is 7.17. The van der Waals surface area contributed by atoms with Crippen molar-refractivity contribution in [3.8, 4) is 0 Å². The minimum absolute atomic E-state index is 0.309. The molecule has 1 aromatic rings. The molecule has 0 atom stereocenters. The van der Waals surface area contributed by atoms with Gasteiger partial charge in [-0.05, 0) is 12.8 Å². The van der Waals surface area contributed by atoms with Gasteiger partial charge in [0.25, 0.3) is 0 Å². The predicted octanol–water partition coefficient (Wildman–Crippen LogP) is 1.09. The largest absolute Gasteiger partial charge is 0.480 e. The van der Waals surface area contributed by atoms with Crippen molar-refractivity contribution in [2.24, 2.45) is 0 Å². The first kappa shape index (κ1) is 15.3. The van der Waals surface area contributed by atoms with Crippen LogP contribution >= 0.6 is 0 Å². The van der Waals surface area contributed by atoms with Gasteiger partial charge in [-0.2, -0.15) is 4.98 Å². The SMILES string of the molecule is O=C(NCCc1ncno1)NC1(C(=O)O)CCCCCC1. The Morgan fingerprint density at radius 1 is 1.29 bits per heavy atom. The molecule has 0 bridgehead atoms. The maximum absolute atomic E-state index is 11.9. The highest BCUT2D eigenvalue weighted by atomic mass is 16.5. The maximum Gasteiger partial charge on any atom is 0.329 e. The van der Waals surface area contributed by atoms with E-state index in [-0.39, 0.29) is 0 Å². The standard InChI is InChI=1S/C13H20N4O4/c18-11(19)13(6-3-1-2-4-7-13)17-12(20)14-8-5-10-15-9-16-21-10/h9H,1-8H2,(H,18,19)(H2,14,17,20). The molecule has 0 saturated heterocycles. The molecule has 0 radical (unpaired) electrons. The second kappa shape index (κ2) is 7.05. The summed E-state index contributed by atoms with van der Waals surface area (Å²) in [6, 6.07) is -0.473. The van der Waals surface area contributed by atoms with E-state index in [2.05, 4.69) is 20.8 Å². The molecule has 0 aromatic carbocycles. The van der Waals surface area contributed by atoms with Gasteiger partial charge in [0, 0.05) is 13.0 Å². The van der Waals surface area contributed by atoms with E-state index in [1.165, 1.54) is 6.33 Å². The highest BCUT2D eigenvalue weighted by Gasteiger charge is 2.39. The Morgan fingerprint density at radius 2 is 2.00 bits per heavy atom. The second-order valence-electron chi connectivity index (χ2n) is 5.27. The van der Waals surface area contributed by atoms with Crippen molar-refractivity contribution in [1.82, 2.24) is 20.8 Å². The molecule has 1 fully saturated rings. The van der Waals surface area contributed by atoms with Gasteiger partial charge < -0.3 is 20.3 Å². The Hall–Kier alpha value is -2.12. The van der Waals surface area contributed by atoms with E-state index < -0.39 is 17.5 Å². The second-order valence-corrected chi connectivity index (χ2v) is 5.27. The van der Waals surface area contributed by atoms with Gasteiger partial charge in [0.05, 0.1) is 0 Å². The van der Waals surface area contributed by atoms with Crippen molar-refractivity contribution in [2.45, 2.75) is 50.5 Å². The summed E-state index contributed by atoms with van der Waals surface area (Å²) in [5.74, 6) is -0.533. The van der Waals surface area contributed by atoms with Crippen LogP contribution in [0.4, 0.5) is 4.79 Å². The summed E-state index contributed by atoms with van der Waals surface area (Å²) in [4.78, 5) is 27.3. The molecule has 1 aliphatic carbocycles. The molecule has 8 heteroatoms. The summed E-state index contributed by atoms with van der Waals surface area (Å²) in [7, 11) is 0. The predicted molar refractivity (Wildman–Crippen MR) is 72.6 cm³/mol. The molecule has 2 rings (SSSR count). The molecule has 1 aromatic heterocycles. The van der Waals surface area contributed by atoms with E-state index in [0.717, 1.165) is 25.7 Å². The number of rotatable bonds is 5. The van der Waals surface area contributed by atoms with Gasteiger partial charge in [-0.1, -0.05) is 30.8 Å². The van der Waals surface area contributed by atoms with Gasteiger partial charge in [-0.3, -0.25) is 0 Å². The molecular formula is C13H20N4O4. The van der Waals surface area contributed by atoms with Gasteiger partial charge in [0.2, 0.25) is 5.89 Å². The van der Waals surface area contributed by atoms with Crippen LogP contribution in [0.3, 0.4) is 0 Å². The number of carbonyl (C=O) groups is 2. The lowest BCUT2D eigenvalue weighted by Crippen LogP contribution is -2.57. The molecule has 2 amide bonds. The Kier molecular flexibility index (Phi) is 5.13. The molecule has 21 heavy (non-hydrogen) atoms. The number of carboxylic acids is 1. The number of nitrogens with one attached hydrogen (secondary N) is 2. The van der Waals surface area contributed by atoms with Crippen LogP contribution in [0, 0.1) is 0 Å². The summed E-state index contributed by atoms with van der Waals surface area (Å²) in [5.41, 5.74) is -1.15. The number of nitrogens with zero attached hydrogens (tertiary/aromatic N) is 2. The maximum atomic E-state index is 11.9. The van der Waals surface area contributed by atoms with Crippen molar-refractivity contribution >= 4 is 12.0 Å². The van der Waals surface area contributed by atoms with Gasteiger partial charge in [0.1, 0.15) is 5.54 Å². The lowest BCUT2D eigenvalue weighted by Gasteiger charge is -2.29. The molecule has 116 valence electrons. The van der Waals surface area contributed by atoms with Crippen LogP contribution in [0.15, 0.2) is 10.9 Å². The lowest BCUT2D eigenvalue weighted by atomic mass is 9.90. The molecule has 0 unspecified atom stereocenters. The van der Waals surface area contributed by atoms with Crippen LogP contribution in [-0.4, -0.2) is 39.3 Å². The summed E-state index contributed by atoms with van der Waals surface area (Å²) in [5, 5.41) is 18.2. The molecule has 1 aliphatic rings. The number of hydrogen-bond donors (Lipinski definition) is 3. The van der Waals surface area contributed by atoms with Crippen molar-refractivity contribution in [1.29, 1.82) is 0 Å². The van der Waals surface area contributed by atoms with E-state index >= 15 is 0 Å². The quantitative estimate of drug-likeness (QED) is 0.700. The highest BCUT2D eigenvalue weighted by Crippen LogP contribution is 2.27. The van der Waals surface area contributed by atoms with Gasteiger partial charge in [-0.15, -0.1) is 0 Å². The highest BCUT2D eigenvalue weighted by molar-refractivity contribution is 5.86. The monoisotopic (exact) mass is 296 g/mol. The zero-order valence-corrected chi connectivity index (χ0v) is 11.8. The first-order chi connectivity index (χ1) is 10.1. The Balaban J connectivity index is 1.84. The summed E-state index contributed by atoms with van der Waals surface area (Å²) in [6.07, 6.45) is 6.29. The zero-order chi connectivity index (χ0) is 15.1. The Labute approximate surface area is 122 Å². The Morgan fingerprint density at radius 3 is 2.57 bits per heavy atom. The molecule has 1 saturated carbocycles. The molecular weight excluding hydrogens is 276 g/mol. The van der Waals surface area contributed by atoms with Crippen LogP contribution in [0.25, 0.3) is 0 Å². The molecule has 0 spiro atoms. The van der Waals surface area contributed by atoms with E-state index in [0.29, 0.717) is 31.7 Å². The molecule has 8 nitrogen and oxygen atoms in total. The minimum atomic E-state index is -1.15. The van der Waals surface area contributed by atoms with Gasteiger partial charge >= 0.3 is 12.0 Å². The van der Waals surface area contributed by atoms with Crippen LogP contribution in [0.5, 0.6) is 0 Å². The normalized spacial score (nSPS) is 17.7. The zero-order valence-electron chi connectivity index (χ0n) is 11.8. The average molecular weight is 296 g/mol. The van der Waals surface area contributed by atoms with Crippen molar-refractivity contribution in [3.63, 3.8) is 0 Å². The number of urea groups is 1. The smallest absolute Gasteiger partial charge is 0.329 e. The van der Waals surface area contributed by atoms with Crippen molar-refractivity contribution < 1.29 is 19.2 Å². The fraction of sp³-hybridized carbons (Fsp3) is 0.692. The topological polar surface area (TPSA) is 117 Å². The first-order valence-corrected chi connectivity index (χ1v) is 7.17. The minimum Gasteiger partial charge on any atom is -0.480 e.